The maximum Gasteiger partial charge on any atom is 0.167 e. The normalized spacial score (nSPS) is 18.9. The van der Waals surface area contributed by atoms with Gasteiger partial charge in [-0.2, -0.15) is 0 Å². The zero-order chi connectivity index (χ0) is 11.0. The molecule has 1 unspecified atom stereocenters. The number of hydrogen-bond donors (Lipinski definition) is 0. The lowest BCUT2D eigenvalue weighted by molar-refractivity contribution is 0.0987. The van der Waals surface area contributed by atoms with Gasteiger partial charge >= 0.3 is 0 Å². The number of fused-ring (bicyclic) bond motifs is 1. The SMILES string of the molecule is COc1cc(OC)c2c(c1)C(C)CC2=O. The van der Waals surface area contributed by atoms with Gasteiger partial charge in [0.15, 0.2) is 5.78 Å². The maximum absolute atomic E-state index is 11.7. The highest BCUT2D eigenvalue weighted by Gasteiger charge is 2.30. The summed E-state index contributed by atoms with van der Waals surface area (Å²) in [6.07, 6.45) is 0.568. The third-order valence-corrected chi connectivity index (χ3v) is 2.86. The second-order valence-electron chi connectivity index (χ2n) is 3.82. The van der Waals surface area contributed by atoms with Gasteiger partial charge in [0, 0.05) is 12.5 Å². The van der Waals surface area contributed by atoms with Crippen LogP contribution in [-0.2, 0) is 0 Å². The van der Waals surface area contributed by atoms with Crippen molar-refractivity contribution in [1.82, 2.24) is 0 Å². The van der Waals surface area contributed by atoms with Crippen LogP contribution in [0.1, 0.15) is 35.2 Å². The molecule has 2 rings (SSSR count). The molecule has 0 amide bonds. The average Bonchev–Trinajstić information content (AvgIpc) is 2.53. The van der Waals surface area contributed by atoms with E-state index in [0.29, 0.717) is 12.2 Å². The van der Waals surface area contributed by atoms with Gasteiger partial charge in [0.25, 0.3) is 0 Å². The monoisotopic (exact) mass is 206 g/mol. The summed E-state index contributed by atoms with van der Waals surface area (Å²) in [5.74, 6) is 1.79. The molecular formula is C12H14O3. The van der Waals surface area contributed by atoms with Crippen LogP contribution in [0.25, 0.3) is 0 Å². The van der Waals surface area contributed by atoms with Crippen LogP contribution in [0.4, 0.5) is 0 Å². The first-order valence-electron chi connectivity index (χ1n) is 4.96. The van der Waals surface area contributed by atoms with Crippen molar-refractivity contribution in [2.75, 3.05) is 14.2 Å². The molecule has 1 aliphatic rings. The molecule has 3 nitrogen and oxygen atoms in total. The van der Waals surface area contributed by atoms with Crippen molar-refractivity contribution in [2.24, 2.45) is 0 Å². The first-order chi connectivity index (χ1) is 7.17. The van der Waals surface area contributed by atoms with E-state index in [0.717, 1.165) is 16.9 Å². The first-order valence-corrected chi connectivity index (χ1v) is 4.96. The van der Waals surface area contributed by atoms with Crippen molar-refractivity contribution < 1.29 is 14.3 Å². The number of rotatable bonds is 2. The second kappa shape index (κ2) is 3.57. The molecule has 0 bridgehead atoms. The molecule has 1 aromatic carbocycles. The number of carbonyl (C=O) groups excluding carboxylic acids is 1. The number of benzene rings is 1. The fourth-order valence-electron chi connectivity index (χ4n) is 2.07. The lowest BCUT2D eigenvalue weighted by atomic mass is 10.0. The van der Waals surface area contributed by atoms with E-state index < -0.39 is 0 Å². The van der Waals surface area contributed by atoms with Gasteiger partial charge in [0.1, 0.15) is 11.5 Å². The van der Waals surface area contributed by atoms with Gasteiger partial charge in [0.05, 0.1) is 19.8 Å². The Morgan fingerprint density at radius 3 is 2.60 bits per heavy atom. The minimum absolute atomic E-state index is 0.164. The van der Waals surface area contributed by atoms with Crippen molar-refractivity contribution in [2.45, 2.75) is 19.3 Å². The van der Waals surface area contributed by atoms with Crippen LogP contribution < -0.4 is 9.47 Å². The van der Waals surface area contributed by atoms with Gasteiger partial charge in [-0.15, -0.1) is 0 Å². The highest BCUT2D eigenvalue weighted by atomic mass is 16.5. The molecule has 1 aliphatic carbocycles. The zero-order valence-electron chi connectivity index (χ0n) is 9.16. The molecule has 80 valence electrons. The van der Waals surface area contributed by atoms with E-state index in [2.05, 4.69) is 0 Å². The van der Waals surface area contributed by atoms with Crippen LogP contribution in [0.2, 0.25) is 0 Å². The number of hydrogen-bond acceptors (Lipinski definition) is 3. The Morgan fingerprint density at radius 2 is 2.00 bits per heavy atom. The quantitative estimate of drug-likeness (QED) is 0.745. The molecule has 1 aromatic rings. The summed E-state index contributed by atoms with van der Waals surface area (Å²) in [4.78, 5) is 11.7. The Morgan fingerprint density at radius 1 is 1.27 bits per heavy atom. The number of ether oxygens (including phenoxy) is 2. The molecule has 0 saturated heterocycles. The molecule has 0 saturated carbocycles. The Balaban J connectivity index is 2.62. The molecular weight excluding hydrogens is 192 g/mol. The second-order valence-corrected chi connectivity index (χ2v) is 3.82. The highest BCUT2D eigenvalue weighted by Crippen LogP contribution is 2.40. The summed E-state index contributed by atoms with van der Waals surface area (Å²) in [6, 6.07) is 3.68. The van der Waals surface area contributed by atoms with Gasteiger partial charge in [0.2, 0.25) is 0 Å². The smallest absolute Gasteiger partial charge is 0.167 e. The number of ketones is 1. The maximum atomic E-state index is 11.7. The number of Topliss-reactive ketones (excluding diaryl/α,β-unsaturated/α-hetero) is 1. The van der Waals surface area contributed by atoms with E-state index in [1.807, 2.05) is 13.0 Å². The van der Waals surface area contributed by atoms with Crippen LogP contribution >= 0.6 is 0 Å². The molecule has 15 heavy (non-hydrogen) atoms. The van der Waals surface area contributed by atoms with Crippen LogP contribution in [0.5, 0.6) is 11.5 Å². The lowest BCUT2D eigenvalue weighted by Gasteiger charge is -2.10. The molecule has 0 aromatic heterocycles. The van der Waals surface area contributed by atoms with Crippen LogP contribution in [0.3, 0.4) is 0 Å². The zero-order valence-corrected chi connectivity index (χ0v) is 9.16. The number of methoxy groups -OCH3 is 2. The van der Waals surface area contributed by atoms with Crippen LogP contribution in [0.15, 0.2) is 12.1 Å². The van der Waals surface area contributed by atoms with E-state index in [4.69, 9.17) is 9.47 Å². The van der Waals surface area contributed by atoms with Crippen molar-refractivity contribution >= 4 is 5.78 Å². The van der Waals surface area contributed by atoms with Gasteiger partial charge in [-0.1, -0.05) is 6.92 Å². The van der Waals surface area contributed by atoms with E-state index in [1.54, 1.807) is 20.3 Å². The topological polar surface area (TPSA) is 35.5 Å². The molecule has 1 atom stereocenters. The predicted octanol–water partition coefficient (Wildman–Crippen LogP) is 2.39. The van der Waals surface area contributed by atoms with Gasteiger partial charge in [-0.3, -0.25) is 4.79 Å². The Hall–Kier alpha value is -1.51. The molecule has 0 radical (unpaired) electrons. The molecule has 0 N–H and O–H groups in total. The third kappa shape index (κ3) is 1.48. The molecule has 3 heteroatoms. The minimum Gasteiger partial charge on any atom is -0.497 e. The van der Waals surface area contributed by atoms with Gasteiger partial charge in [-0.05, 0) is 17.5 Å². The van der Waals surface area contributed by atoms with E-state index in [-0.39, 0.29) is 11.7 Å². The predicted molar refractivity (Wildman–Crippen MR) is 56.9 cm³/mol. The van der Waals surface area contributed by atoms with Crippen molar-refractivity contribution in [3.8, 4) is 11.5 Å². The van der Waals surface area contributed by atoms with Crippen LogP contribution in [-0.4, -0.2) is 20.0 Å². The minimum atomic E-state index is 0.164. The summed E-state index contributed by atoms with van der Waals surface area (Å²) in [6.45, 7) is 2.04. The van der Waals surface area contributed by atoms with Crippen molar-refractivity contribution in [1.29, 1.82) is 0 Å². The summed E-state index contributed by atoms with van der Waals surface area (Å²) in [5.41, 5.74) is 1.77. The average molecular weight is 206 g/mol. The fraction of sp³-hybridized carbons (Fsp3) is 0.417. The Bertz CT molecular complexity index is 410. The van der Waals surface area contributed by atoms with Gasteiger partial charge < -0.3 is 9.47 Å². The summed E-state index contributed by atoms with van der Waals surface area (Å²) in [7, 11) is 3.19. The third-order valence-electron chi connectivity index (χ3n) is 2.86. The summed E-state index contributed by atoms with van der Waals surface area (Å²) < 4.78 is 10.4. The molecule has 0 heterocycles. The molecule has 0 aliphatic heterocycles. The Labute approximate surface area is 89.0 Å². The van der Waals surface area contributed by atoms with Gasteiger partial charge in [-0.25, -0.2) is 0 Å². The van der Waals surface area contributed by atoms with E-state index in [1.165, 1.54) is 0 Å². The number of carbonyl (C=O) groups is 1. The lowest BCUT2D eigenvalue weighted by Crippen LogP contribution is -1.98. The largest absolute Gasteiger partial charge is 0.497 e. The van der Waals surface area contributed by atoms with E-state index in [9.17, 15) is 4.79 Å². The fourth-order valence-corrected chi connectivity index (χ4v) is 2.07. The van der Waals surface area contributed by atoms with Crippen molar-refractivity contribution in [3.63, 3.8) is 0 Å². The Kier molecular flexibility index (Phi) is 2.39. The van der Waals surface area contributed by atoms with E-state index >= 15 is 0 Å². The standard InChI is InChI=1S/C12H14O3/c1-7-4-10(13)12-9(7)5-8(14-2)6-11(12)15-3/h5-7H,4H2,1-3H3. The summed E-state index contributed by atoms with van der Waals surface area (Å²) in [5, 5.41) is 0. The summed E-state index contributed by atoms with van der Waals surface area (Å²) >= 11 is 0. The molecule has 0 spiro atoms. The first kappa shape index (κ1) is 10.0. The van der Waals surface area contributed by atoms with Crippen LogP contribution in [0, 0.1) is 0 Å². The van der Waals surface area contributed by atoms with Crippen molar-refractivity contribution in [3.05, 3.63) is 23.3 Å². The molecule has 0 fully saturated rings. The highest BCUT2D eigenvalue weighted by molar-refractivity contribution is 6.04.